The van der Waals surface area contributed by atoms with Crippen molar-refractivity contribution in [1.29, 1.82) is 0 Å². The molecule has 0 aliphatic heterocycles. The zero-order chi connectivity index (χ0) is 11.5. The number of halogens is 2. The van der Waals surface area contributed by atoms with Crippen LogP contribution in [0.4, 0.5) is 0 Å². The molecular weight excluding hydrogens is 289 g/mol. The predicted octanol–water partition coefficient (Wildman–Crippen LogP) is 3.94. The highest BCUT2D eigenvalue weighted by Gasteiger charge is 2.09. The van der Waals surface area contributed by atoms with E-state index < -0.39 is 0 Å². The van der Waals surface area contributed by atoms with Gasteiger partial charge in [-0.1, -0.05) is 17.7 Å². The van der Waals surface area contributed by atoms with Crippen molar-refractivity contribution in [2.75, 3.05) is 0 Å². The maximum absolute atomic E-state index is 6.10. The first-order valence-electron chi connectivity index (χ1n) is 4.88. The van der Waals surface area contributed by atoms with Crippen molar-refractivity contribution >= 4 is 27.5 Å². The molecule has 0 amide bonds. The zero-order valence-corrected chi connectivity index (χ0v) is 10.8. The Labute approximate surface area is 108 Å². The van der Waals surface area contributed by atoms with Gasteiger partial charge >= 0.3 is 0 Å². The van der Waals surface area contributed by atoms with E-state index in [1.54, 1.807) is 12.5 Å². The Kier molecular flexibility index (Phi) is 3.69. The second-order valence-corrected chi connectivity index (χ2v) is 4.88. The van der Waals surface area contributed by atoms with Crippen LogP contribution in [0.1, 0.15) is 17.2 Å². The average Bonchev–Trinajstić information content (AvgIpc) is 2.74. The highest BCUT2D eigenvalue weighted by atomic mass is 79.9. The molecule has 1 heterocycles. The summed E-state index contributed by atoms with van der Waals surface area (Å²) in [6.07, 6.45) is 4.12. The SMILES string of the molecule is NC(Cc1ccoc1)c1ccc(Cl)c(Br)c1. The van der Waals surface area contributed by atoms with E-state index in [-0.39, 0.29) is 6.04 Å². The largest absolute Gasteiger partial charge is 0.472 e. The van der Waals surface area contributed by atoms with Crippen molar-refractivity contribution in [2.45, 2.75) is 12.5 Å². The third kappa shape index (κ3) is 2.67. The molecule has 0 radical (unpaired) electrons. The molecule has 0 bridgehead atoms. The molecule has 0 aliphatic carbocycles. The third-order valence-electron chi connectivity index (χ3n) is 2.41. The standard InChI is InChI=1S/C12H11BrClNO/c13-10-6-9(1-2-11(10)14)12(15)5-8-3-4-16-7-8/h1-4,6-7,12H,5,15H2. The Morgan fingerprint density at radius 2 is 2.19 bits per heavy atom. The first-order chi connectivity index (χ1) is 7.66. The van der Waals surface area contributed by atoms with E-state index in [9.17, 15) is 0 Å². The van der Waals surface area contributed by atoms with E-state index in [1.807, 2.05) is 24.3 Å². The molecule has 1 aromatic carbocycles. The van der Waals surface area contributed by atoms with E-state index in [0.717, 1.165) is 22.0 Å². The molecule has 1 atom stereocenters. The van der Waals surface area contributed by atoms with Crippen LogP contribution in [0, 0.1) is 0 Å². The van der Waals surface area contributed by atoms with Crippen molar-refractivity contribution in [2.24, 2.45) is 5.73 Å². The predicted molar refractivity (Wildman–Crippen MR) is 68.5 cm³/mol. The first-order valence-corrected chi connectivity index (χ1v) is 6.05. The van der Waals surface area contributed by atoms with Gasteiger partial charge in [-0.3, -0.25) is 0 Å². The summed E-state index contributed by atoms with van der Waals surface area (Å²) in [7, 11) is 0. The van der Waals surface area contributed by atoms with Gasteiger partial charge in [0, 0.05) is 10.5 Å². The lowest BCUT2D eigenvalue weighted by Gasteiger charge is -2.11. The summed E-state index contributed by atoms with van der Waals surface area (Å²) in [5.74, 6) is 0. The summed E-state index contributed by atoms with van der Waals surface area (Å²) in [6, 6.07) is 7.61. The Balaban J connectivity index is 2.14. The lowest BCUT2D eigenvalue weighted by atomic mass is 10.0. The molecule has 2 aromatic rings. The molecule has 1 aromatic heterocycles. The van der Waals surface area contributed by atoms with E-state index >= 15 is 0 Å². The summed E-state index contributed by atoms with van der Waals surface area (Å²) >= 11 is 9.31. The second kappa shape index (κ2) is 5.04. The first kappa shape index (κ1) is 11.7. The maximum Gasteiger partial charge on any atom is 0.0935 e. The highest BCUT2D eigenvalue weighted by Crippen LogP contribution is 2.26. The van der Waals surface area contributed by atoms with Gasteiger partial charge in [0.1, 0.15) is 0 Å². The van der Waals surface area contributed by atoms with Crippen LogP contribution < -0.4 is 5.73 Å². The van der Waals surface area contributed by atoms with E-state index in [4.69, 9.17) is 21.8 Å². The number of rotatable bonds is 3. The fraction of sp³-hybridized carbons (Fsp3) is 0.167. The van der Waals surface area contributed by atoms with Crippen molar-refractivity contribution in [3.63, 3.8) is 0 Å². The van der Waals surface area contributed by atoms with E-state index in [1.165, 1.54) is 0 Å². The van der Waals surface area contributed by atoms with Gasteiger partial charge in [0.25, 0.3) is 0 Å². The molecule has 0 spiro atoms. The quantitative estimate of drug-likeness (QED) is 0.932. The van der Waals surface area contributed by atoms with Crippen LogP contribution >= 0.6 is 27.5 Å². The lowest BCUT2D eigenvalue weighted by Crippen LogP contribution is -2.12. The van der Waals surface area contributed by atoms with Crippen LogP contribution in [0.15, 0.2) is 45.7 Å². The van der Waals surface area contributed by atoms with Gasteiger partial charge in [-0.25, -0.2) is 0 Å². The van der Waals surface area contributed by atoms with Gasteiger partial charge in [-0.05, 0) is 51.7 Å². The molecule has 0 saturated heterocycles. The molecule has 2 rings (SSSR count). The van der Waals surface area contributed by atoms with Crippen molar-refractivity contribution in [3.8, 4) is 0 Å². The van der Waals surface area contributed by atoms with Crippen LogP contribution in [0.25, 0.3) is 0 Å². The molecule has 1 unspecified atom stereocenters. The number of furan rings is 1. The third-order valence-corrected chi connectivity index (χ3v) is 3.62. The van der Waals surface area contributed by atoms with E-state index in [2.05, 4.69) is 15.9 Å². The molecule has 84 valence electrons. The highest BCUT2D eigenvalue weighted by molar-refractivity contribution is 9.10. The molecule has 0 fully saturated rings. The topological polar surface area (TPSA) is 39.2 Å². The lowest BCUT2D eigenvalue weighted by molar-refractivity contribution is 0.561. The summed E-state index contributed by atoms with van der Waals surface area (Å²) in [4.78, 5) is 0. The van der Waals surface area contributed by atoms with Gasteiger partial charge in [-0.15, -0.1) is 0 Å². The van der Waals surface area contributed by atoms with Crippen LogP contribution in [0.2, 0.25) is 5.02 Å². The van der Waals surface area contributed by atoms with Gasteiger partial charge in [0.2, 0.25) is 0 Å². The van der Waals surface area contributed by atoms with Crippen LogP contribution in [0.5, 0.6) is 0 Å². The number of nitrogens with two attached hydrogens (primary N) is 1. The number of hydrogen-bond acceptors (Lipinski definition) is 2. The summed E-state index contributed by atoms with van der Waals surface area (Å²) < 4.78 is 5.88. The Morgan fingerprint density at radius 1 is 1.38 bits per heavy atom. The van der Waals surface area contributed by atoms with E-state index in [0.29, 0.717) is 5.02 Å². The number of benzene rings is 1. The van der Waals surface area contributed by atoms with Crippen LogP contribution in [0.3, 0.4) is 0 Å². The van der Waals surface area contributed by atoms with Gasteiger partial charge in [0.05, 0.1) is 17.5 Å². The van der Waals surface area contributed by atoms with Gasteiger partial charge in [-0.2, -0.15) is 0 Å². The van der Waals surface area contributed by atoms with Crippen molar-refractivity contribution in [1.82, 2.24) is 0 Å². The molecular formula is C12H11BrClNO. The molecule has 0 aliphatic rings. The minimum Gasteiger partial charge on any atom is -0.472 e. The molecule has 2 N–H and O–H groups in total. The average molecular weight is 301 g/mol. The molecule has 2 nitrogen and oxygen atoms in total. The smallest absolute Gasteiger partial charge is 0.0935 e. The number of hydrogen-bond donors (Lipinski definition) is 1. The second-order valence-electron chi connectivity index (χ2n) is 3.62. The fourth-order valence-electron chi connectivity index (χ4n) is 1.52. The minimum absolute atomic E-state index is 0.0498. The Hall–Kier alpha value is -0.770. The summed E-state index contributed by atoms with van der Waals surface area (Å²) in [5.41, 5.74) is 8.25. The molecule has 4 heteroatoms. The van der Waals surface area contributed by atoms with Crippen molar-refractivity contribution in [3.05, 3.63) is 57.4 Å². The van der Waals surface area contributed by atoms with Crippen molar-refractivity contribution < 1.29 is 4.42 Å². The van der Waals surface area contributed by atoms with Gasteiger partial charge in [0.15, 0.2) is 0 Å². The normalized spacial score (nSPS) is 12.7. The molecule has 0 saturated carbocycles. The summed E-state index contributed by atoms with van der Waals surface area (Å²) in [5, 5.41) is 0.694. The zero-order valence-electron chi connectivity index (χ0n) is 8.49. The van der Waals surface area contributed by atoms with Crippen LogP contribution in [-0.4, -0.2) is 0 Å². The Bertz CT molecular complexity index is 470. The Morgan fingerprint density at radius 3 is 2.81 bits per heavy atom. The van der Waals surface area contributed by atoms with Gasteiger partial charge < -0.3 is 10.2 Å². The summed E-state index contributed by atoms with van der Waals surface area (Å²) in [6.45, 7) is 0. The maximum atomic E-state index is 6.10. The fourth-order valence-corrected chi connectivity index (χ4v) is 2.04. The molecule has 16 heavy (non-hydrogen) atoms. The minimum atomic E-state index is -0.0498. The van der Waals surface area contributed by atoms with Crippen LogP contribution in [-0.2, 0) is 6.42 Å². The monoisotopic (exact) mass is 299 g/mol.